The molecule has 0 saturated heterocycles. The number of alkyl halides is 6. The Bertz CT molecular complexity index is 1630. The number of aromatic nitrogens is 4. The molecule has 4 rings (SSSR count). The minimum Gasteiger partial charge on any atom is -0.360 e. The van der Waals surface area contributed by atoms with Gasteiger partial charge in [-0.05, 0) is 36.4 Å². The molecule has 0 bridgehead atoms. The summed E-state index contributed by atoms with van der Waals surface area (Å²) in [4.78, 5) is 22.2. The molecule has 0 radical (unpaired) electrons. The Labute approximate surface area is 264 Å². The third kappa shape index (κ3) is 10.6. The molecule has 0 atom stereocenters. The van der Waals surface area contributed by atoms with Gasteiger partial charge in [0.1, 0.15) is 19.0 Å². The normalized spacial score (nSPS) is 12.8. The molecule has 8 nitrogen and oxygen atoms in total. The molecule has 0 aliphatic carbocycles. The molecule has 2 heterocycles. The predicted molar refractivity (Wildman–Crippen MR) is 168 cm³/mol. The number of hydrogen-bond donors (Lipinski definition) is 0. The van der Waals surface area contributed by atoms with Gasteiger partial charge in [-0.15, -0.1) is 0 Å². The Kier molecular flexibility index (Phi) is 11.8. The van der Waals surface area contributed by atoms with Crippen LogP contribution in [-0.2, 0) is 35.3 Å². The van der Waals surface area contributed by atoms with Crippen molar-refractivity contribution in [1.82, 2.24) is 19.6 Å². The van der Waals surface area contributed by atoms with Gasteiger partial charge >= 0.3 is 12.4 Å². The van der Waals surface area contributed by atoms with Crippen LogP contribution in [0.25, 0.3) is 21.8 Å². The molecule has 2 aromatic heterocycles. The maximum Gasteiger partial charge on any atom is 0.416 e. The van der Waals surface area contributed by atoms with E-state index in [9.17, 15) is 35.9 Å². The summed E-state index contributed by atoms with van der Waals surface area (Å²) in [7, 11) is -2.41. The van der Waals surface area contributed by atoms with E-state index < -0.39 is 39.6 Å². The standard InChI is InChI=1S/2C15H19F3N2O2Si/c1-23(2,3)5-4-22-10-20-8-11-6-13(15(16,17)18)7-12(9-21)14(11)19-20;1-23(2,3)5-4-22-10-20-14-11(8-19-20)6-13(15(16,17)18)7-12(14)9-21/h2*6-9H,4-5,10H2,1-3H3. The number of rotatable bonds is 12. The summed E-state index contributed by atoms with van der Waals surface area (Å²) in [6.45, 7) is 14.8. The second-order valence-electron chi connectivity index (χ2n) is 13.2. The summed E-state index contributed by atoms with van der Waals surface area (Å²) in [5.41, 5.74) is -1.21. The molecule has 16 heteroatoms. The van der Waals surface area contributed by atoms with Gasteiger partial charge in [-0.1, -0.05) is 39.3 Å². The summed E-state index contributed by atoms with van der Waals surface area (Å²) in [6.07, 6.45) is -5.41. The van der Waals surface area contributed by atoms with Crippen molar-refractivity contribution >= 4 is 50.5 Å². The zero-order valence-electron chi connectivity index (χ0n) is 26.6. The number of nitrogens with zero attached hydrogens (tertiary/aromatic N) is 4. The summed E-state index contributed by atoms with van der Waals surface area (Å²) >= 11 is 0. The van der Waals surface area contributed by atoms with E-state index >= 15 is 0 Å². The van der Waals surface area contributed by atoms with Crippen molar-refractivity contribution in [3.05, 3.63) is 58.9 Å². The maximum atomic E-state index is 12.8. The first kappa shape index (κ1) is 37.1. The molecule has 0 unspecified atom stereocenters. The van der Waals surface area contributed by atoms with Crippen LogP contribution in [0.3, 0.4) is 0 Å². The molecule has 252 valence electrons. The number of carbonyl (C=O) groups excluding carboxylic acids is 2. The van der Waals surface area contributed by atoms with Crippen molar-refractivity contribution in [2.75, 3.05) is 13.2 Å². The van der Waals surface area contributed by atoms with Crippen molar-refractivity contribution in [2.24, 2.45) is 0 Å². The topological polar surface area (TPSA) is 88.2 Å². The van der Waals surface area contributed by atoms with Crippen LogP contribution >= 0.6 is 0 Å². The number of hydrogen-bond acceptors (Lipinski definition) is 6. The number of fused-ring (bicyclic) bond motifs is 2. The van der Waals surface area contributed by atoms with E-state index in [1.54, 1.807) is 0 Å². The number of aldehydes is 2. The van der Waals surface area contributed by atoms with E-state index in [2.05, 4.69) is 49.5 Å². The SMILES string of the molecule is C[Si](C)(C)CCOCn1cc2cc(C(F)(F)F)cc(C=O)c2n1.C[Si](C)(C)CCOCn1ncc2cc(C(F)(F)F)cc(C=O)c21. The van der Waals surface area contributed by atoms with Gasteiger partial charge in [0.2, 0.25) is 0 Å². The summed E-state index contributed by atoms with van der Waals surface area (Å²) in [5.74, 6) is 0. The van der Waals surface area contributed by atoms with E-state index in [4.69, 9.17) is 9.47 Å². The average molecular weight is 689 g/mol. The predicted octanol–water partition coefficient (Wildman–Crippen LogP) is 8.36. The van der Waals surface area contributed by atoms with E-state index in [1.165, 1.54) is 21.8 Å². The highest BCUT2D eigenvalue weighted by atomic mass is 28.3. The molecule has 4 aromatic rings. The highest BCUT2D eigenvalue weighted by molar-refractivity contribution is 6.76. The number of benzene rings is 2. The van der Waals surface area contributed by atoms with Gasteiger partial charge in [0.05, 0.1) is 22.8 Å². The molecular weight excluding hydrogens is 651 g/mol. The van der Waals surface area contributed by atoms with Gasteiger partial charge in [0.25, 0.3) is 0 Å². The Morgan fingerprint density at radius 2 is 1.24 bits per heavy atom. The molecule has 2 aromatic carbocycles. The number of halogens is 6. The first-order valence-corrected chi connectivity index (χ1v) is 21.8. The van der Waals surface area contributed by atoms with Gasteiger partial charge in [-0.2, -0.15) is 36.5 Å². The van der Waals surface area contributed by atoms with Crippen LogP contribution in [0, 0.1) is 0 Å². The van der Waals surface area contributed by atoms with Gasteiger partial charge in [-0.3, -0.25) is 9.59 Å². The average Bonchev–Trinajstić information content (AvgIpc) is 3.54. The van der Waals surface area contributed by atoms with Crippen molar-refractivity contribution in [3.8, 4) is 0 Å². The third-order valence-corrected chi connectivity index (χ3v) is 10.2. The molecule has 0 spiro atoms. The Morgan fingerprint density at radius 3 is 1.74 bits per heavy atom. The lowest BCUT2D eigenvalue weighted by molar-refractivity contribution is -0.138. The van der Waals surface area contributed by atoms with E-state index in [1.807, 2.05) is 0 Å². The second kappa shape index (κ2) is 14.6. The van der Waals surface area contributed by atoms with Gasteiger partial charge in [0.15, 0.2) is 12.6 Å². The summed E-state index contributed by atoms with van der Waals surface area (Å²) in [6, 6.07) is 5.62. The number of carbonyl (C=O) groups is 2. The van der Waals surface area contributed by atoms with Crippen LogP contribution in [0.5, 0.6) is 0 Å². The lowest BCUT2D eigenvalue weighted by atomic mass is 10.1. The molecule has 0 aliphatic rings. The largest absolute Gasteiger partial charge is 0.416 e. The minimum absolute atomic E-state index is 0.0406. The van der Waals surface area contributed by atoms with Crippen molar-refractivity contribution < 1.29 is 45.4 Å². The van der Waals surface area contributed by atoms with Crippen molar-refractivity contribution in [3.63, 3.8) is 0 Å². The van der Waals surface area contributed by atoms with Gasteiger partial charge < -0.3 is 9.47 Å². The van der Waals surface area contributed by atoms with E-state index in [0.717, 1.165) is 36.4 Å². The molecule has 0 N–H and O–H groups in total. The maximum absolute atomic E-state index is 12.8. The fourth-order valence-corrected chi connectivity index (χ4v) is 5.73. The quantitative estimate of drug-likeness (QED) is 0.0644. The van der Waals surface area contributed by atoms with E-state index in [-0.39, 0.29) is 40.9 Å². The van der Waals surface area contributed by atoms with Crippen molar-refractivity contribution in [2.45, 2.75) is 77.2 Å². The smallest absolute Gasteiger partial charge is 0.360 e. The molecule has 0 aliphatic heterocycles. The molecule has 0 amide bonds. The first-order chi connectivity index (χ1) is 21.2. The molecule has 46 heavy (non-hydrogen) atoms. The van der Waals surface area contributed by atoms with Crippen LogP contribution in [0.2, 0.25) is 51.4 Å². The van der Waals surface area contributed by atoms with Crippen LogP contribution < -0.4 is 0 Å². The van der Waals surface area contributed by atoms with Crippen molar-refractivity contribution in [1.29, 1.82) is 0 Å². The Balaban J connectivity index is 0.000000250. The van der Waals surface area contributed by atoms with E-state index in [0.29, 0.717) is 31.3 Å². The third-order valence-electron chi connectivity index (χ3n) is 6.79. The monoisotopic (exact) mass is 688 g/mol. The lowest BCUT2D eigenvalue weighted by Crippen LogP contribution is -2.22. The van der Waals surface area contributed by atoms with Crippen LogP contribution in [-0.4, -0.2) is 61.5 Å². The molecule has 0 saturated carbocycles. The molecular formula is C30H38F6N4O4Si2. The van der Waals surface area contributed by atoms with Crippen LogP contribution in [0.4, 0.5) is 26.3 Å². The minimum atomic E-state index is -4.50. The number of ether oxygens (including phenoxy) is 2. The fraction of sp³-hybridized carbons (Fsp3) is 0.467. The zero-order chi connectivity index (χ0) is 34.5. The highest BCUT2D eigenvalue weighted by Crippen LogP contribution is 2.34. The fourth-order valence-electron chi connectivity index (χ4n) is 4.21. The Morgan fingerprint density at radius 1 is 0.739 bits per heavy atom. The summed E-state index contributed by atoms with van der Waals surface area (Å²) < 4.78 is 90.9. The first-order valence-electron chi connectivity index (χ1n) is 14.4. The zero-order valence-corrected chi connectivity index (χ0v) is 28.6. The van der Waals surface area contributed by atoms with Crippen LogP contribution in [0.1, 0.15) is 31.8 Å². The second-order valence-corrected chi connectivity index (χ2v) is 24.5. The highest BCUT2D eigenvalue weighted by Gasteiger charge is 2.33. The van der Waals surface area contributed by atoms with Gasteiger partial charge in [0, 0.05) is 57.5 Å². The van der Waals surface area contributed by atoms with Crippen LogP contribution in [0.15, 0.2) is 36.7 Å². The van der Waals surface area contributed by atoms with Gasteiger partial charge in [-0.25, -0.2) is 9.36 Å². The summed E-state index contributed by atoms with van der Waals surface area (Å²) in [5, 5.41) is 8.73. The Hall–Kier alpha value is -3.35. The molecule has 0 fully saturated rings. The lowest BCUT2D eigenvalue weighted by Gasteiger charge is -2.15.